The van der Waals surface area contributed by atoms with Crippen LogP contribution in [0.15, 0.2) is 60.8 Å². The van der Waals surface area contributed by atoms with Gasteiger partial charge in [-0.3, -0.25) is 9.59 Å². The Balaban J connectivity index is 4.23. The van der Waals surface area contributed by atoms with Crippen LogP contribution in [0.3, 0.4) is 0 Å². The lowest BCUT2D eigenvalue weighted by molar-refractivity contribution is -0.147. The number of carboxylic acids is 1. The lowest BCUT2D eigenvalue weighted by Gasteiger charge is -2.15. The number of carboxylic acid groups (broad SMARTS) is 1. The molecule has 0 heterocycles. The number of esters is 1. The van der Waals surface area contributed by atoms with Crippen LogP contribution < -0.4 is 11.1 Å². The van der Waals surface area contributed by atoms with E-state index in [2.05, 4.69) is 79.9 Å². The molecule has 1 amide bonds. The van der Waals surface area contributed by atoms with Gasteiger partial charge in [-0.15, -0.1) is 0 Å². The van der Waals surface area contributed by atoms with Crippen molar-refractivity contribution in [1.82, 2.24) is 5.32 Å². The lowest BCUT2D eigenvalue weighted by atomic mass is 10.0. The van der Waals surface area contributed by atoms with Gasteiger partial charge in [0.2, 0.25) is 5.91 Å². The standard InChI is InChI=1S/C53H94N2O5/c1-3-5-7-9-11-13-15-16-17-18-19-20-21-22-23-24-25-26-28-30-32-37-41-47-52(57)60-49(43-38-34-31-29-27-14-12-10-8-6-4-2)44-39-35-33-36-40-46-51(56)55-50(53(58)59)45-42-48-54/h6,8,12,14,18-19,29,31,38,43,49-50H,3-5,7,9-11,13,15-17,20-28,30,32-37,39-42,44-48,54H2,1-2H3,(H,55,56)(H,58,59)/b8-6-,14-12-,19-18-,31-29-,43-38-. The molecule has 0 aromatic rings. The van der Waals surface area contributed by atoms with Gasteiger partial charge in [0.15, 0.2) is 0 Å². The molecule has 2 atom stereocenters. The van der Waals surface area contributed by atoms with E-state index in [4.69, 9.17) is 10.5 Å². The second-order valence-corrected chi connectivity index (χ2v) is 16.8. The molecule has 0 aliphatic heterocycles. The quantitative estimate of drug-likeness (QED) is 0.0319. The second kappa shape index (κ2) is 47.1. The van der Waals surface area contributed by atoms with E-state index in [1.54, 1.807) is 0 Å². The maximum atomic E-state index is 12.8. The molecule has 7 nitrogen and oxygen atoms in total. The molecule has 2 unspecified atom stereocenters. The number of allylic oxidation sites excluding steroid dienone is 9. The zero-order valence-corrected chi connectivity index (χ0v) is 39.0. The van der Waals surface area contributed by atoms with Gasteiger partial charge in [-0.2, -0.15) is 0 Å². The molecule has 0 aliphatic carbocycles. The van der Waals surface area contributed by atoms with Crippen LogP contribution in [-0.4, -0.2) is 41.6 Å². The minimum atomic E-state index is -1.01. The fraction of sp³-hybridized carbons (Fsp3) is 0.755. The first kappa shape index (κ1) is 57.1. The minimum Gasteiger partial charge on any atom is -0.480 e. The summed E-state index contributed by atoms with van der Waals surface area (Å²) in [6, 6.07) is -0.870. The van der Waals surface area contributed by atoms with Gasteiger partial charge in [-0.05, 0) is 103 Å². The zero-order chi connectivity index (χ0) is 43.8. The fourth-order valence-corrected chi connectivity index (χ4v) is 7.30. The molecule has 7 heteroatoms. The summed E-state index contributed by atoms with van der Waals surface area (Å²) in [6.07, 6.45) is 60.2. The van der Waals surface area contributed by atoms with Gasteiger partial charge in [0.25, 0.3) is 0 Å². The fourth-order valence-electron chi connectivity index (χ4n) is 7.30. The number of carbonyl (C=O) groups excluding carboxylic acids is 2. The Hall–Kier alpha value is -2.93. The topological polar surface area (TPSA) is 119 Å². The van der Waals surface area contributed by atoms with Crippen molar-refractivity contribution in [3.8, 4) is 0 Å². The van der Waals surface area contributed by atoms with Crippen molar-refractivity contribution in [2.45, 2.75) is 251 Å². The molecule has 0 radical (unpaired) electrons. The van der Waals surface area contributed by atoms with Crippen LogP contribution in [0, 0.1) is 0 Å². The Kier molecular flexibility index (Phi) is 44.8. The van der Waals surface area contributed by atoms with Crippen LogP contribution in [0.5, 0.6) is 0 Å². The number of carbonyl (C=O) groups is 3. The molecule has 0 fully saturated rings. The van der Waals surface area contributed by atoms with Crippen LogP contribution in [0.2, 0.25) is 0 Å². The van der Waals surface area contributed by atoms with E-state index < -0.39 is 12.0 Å². The number of nitrogens with one attached hydrogen (secondary N) is 1. The summed E-state index contributed by atoms with van der Waals surface area (Å²) in [5.41, 5.74) is 5.49. The molecule has 0 saturated carbocycles. The number of hydrogen-bond acceptors (Lipinski definition) is 5. The Morgan fingerprint density at radius 3 is 1.47 bits per heavy atom. The SMILES string of the molecule is CC/C=C\C/C=C\C/C=C\C/C=C\C(CCCCCCCC(=O)NC(CCCN)C(=O)O)OC(=O)CCCCCCCCCCCCC/C=C\CCCCCCCCCC. The maximum Gasteiger partial charge on any atom is 0.326 e. The van der Waals surface area contributed by atoms with Gasteiger partial charge in [0.05, 0.1) is 0 Å². The van der Waals surface area contributed by atoms with Crippen molar-refractivity contribution in [3.63, 3.8) is 0 Å². The number of amides is 1. The van der Waals surface area contributed by atoms with Crippen LogP contribution in [0.25, 0.3) is 0 Å². The molecule has 0 aromatic carbocycles. The summed E-state index contributed by atoms with van der Waals surface area (Å²) < 4.78 is 5.96. The zero-order valence-electron chi connectivity index (χ0n) is 39.0. The van der Waals surface area contributed by atoms with Gasteiger partial charge >= 0.3 is 11.9 Å². The lowest BCUT2D eigenvalue weighted by Crippen LogP contribution is -2.40. The average molecular weight is 839 g/mol. The summed E-state index contributed by atoms with van der Waals surface area (Å²) in [6.45, 7) is 4.83. The van der Waals surface area contributed by atoms with Crippen molar-refractivity contribution in [2.24, 2.45) is 5.73 Å². The summed E-state index contributed by atoms with van der Waals surface area (Å²) in [5.74, 6) is -1.33. The van der Waals surface area contributed by atoms with Crippen molar-refractivity contribution >= 4 is 17.8 Å². The third-order valence-electron chi connectivity index (χ3n) is 11.1. The first-order valence-electron chi connectivity index (χ1n) is 25.1. The predicted molar refractivity (Wildman–Crippen MR) is 257 cm³/mol. The first-order chi connectivity index (χ1) is 29.4. The van der Waals surface area contributed by atoms with Crippen LogP contribution in [0.4, 0.5) is 0 Å². The molecule has 346 valence electrons. The summed E-state index contributed by atoms with van der Waals surface area (Å²) >= 11 is 0. The molecular weight excluding hydrogens is 745 g/mol. The molecule has 0 bridgehead atoms. The number of aliphatic carboxylic acids is 1. The number of nitrogens with two attached hydrogens (primary N) is 1. The third kappa shape index (κ3) is 43.2. The van der Waals surface area contributed by atoms with Crippen LogP contribution >= 0.6 is 0 Å². The van der Waals surface area contributed by atoms with Gasteiger partial charge < -0.3 is 20.9 Å². The minimum absolute atomic E-state index is 0.0985. The van der Waals surface area contributed by atoms with E-state index in [1.807, 2.05) is 0 Å². The van der Waals surface area contributed by atoms with Gasteiger partial charge in [-0.1, -0.05) is 191 Å². The van der Waals surface area contributed by atoms with E-state index in [0.29, 0.717) is 32.2 Å². The maximum absolute atomic E-state index is 12.8. The second-order valence-electron chi connectivity index (χ2n) is 16.8. The van der Waals surface area contributed by atoms with Gasteiger partial charge in [-0.25, -0.2) is 4.79 Å². The van der Waals surface area contributed by atoms with Crippen LogP contribution in [0.1, 0.15) is 239 Å². The summed E-state index contributed by atoms with van der Waals surface area (Å²) in [7, 11) is 0. The Bertz CT molecular complexity index is 1130. The van der Waals surface area contributed by atoms with E-state index in [1.165, 1.54) is 122 Å². The molecule has 0 rings (SSSR count). The van der Waals surface area contributed by atoms with E-state index in [0.717, 1.165) is 77.0 Å². The molecule has 60 heavy (non-hydrogen) atoms. The molecule has 4 N–H and O–H groups in total. The van der Waals surface area contributed by atoms with Gasteiger partial charge in [0.1, 0.15) is 12.1 Å². The van der Waals surface area contributed by atoms with Crippen molar-refractivity contribution in [1.29, 1.82) is 0 Å². The van der Waals surface area contributed by atoms with E-state index in [9.17, 15) is 19.5 Å². The average Bonchev–Trinajstić information content (AvgIpc) is 3.23. The van der Waals surface area contributed by atoms with Crippen molar-refractivity contribution in [3.05, 3.63) is 60.8 Å². The Morgan fingerprint density at radius 2 is 0.967 bits per heavy atom. The highest BCUT2D eigenvalue weighted by atomic mass is 16.5. The smallest absolute Gasteiger partial charge is 0.326 e. The number of hydrogen-bond donors (Lipinski definition) is 3. The Labute approximate surface area is 370 Å². The molecule has 0 aliphatic rings. The van der Waals surface area contributed by atoms with Gasteiger partial charge in [0, 0.05) is 12.8 Å². The van der Waals surface area contributed by atoms with Crippen molar-refractivity contribution < 1.29 is 24.2 Å². The molecule has 0 spiro atoms. The highest BCUT2D eigenvalue weighted by Gasteiger charge is 2.19. The molecule has 0 saturated heterocycles. The largest absolute Gasteiger partial charge is 0.480 e. The van der Waals surface area contributed by atoms with E-state index in [-0.39, 0.29) is 18.0 Å². The summed E-state index contributed by atoms with van der Waals surface area (Å²) in [4.78, 5) is 36.4. The summed E-state index contributed by atoms with van der Waals surface area (Å²) in [5, 5.41) is 11.9. The molecule has 0 aromatic heterocycles. The number of rotatable bonds is 45. The number of ether oxygens (including phenoxy) is 1. The highest BCUT2D eigenvalue weighted by Crippen LogP contribution is 2.16. The highest BCUT2D eigenvalue weighted by molar-refractivity contribution is 5.83. The number of unbranched alkanes of at least 4 members (excludes halogenated alkanes) is 23. The molecular formula is C53H94N2O5. The predicted octanol–water partition coefficient (Wildman–Crippen LogP) is 14.9. The normalized spacial score (nSPS) is 13.1. The van der Waals surface area contributed by atoms with Crippen LogP contribution in [-0.2, 0) is 19.1 Å². The monoisotopic (exact) mass is 839 g/mol. The Morgan fingerprint density at radius 1 is 0.517 bits per heavy atom. The third-order valence-corrected chi connectivity index (χ3v) is 11.1. The first-order valence-corrected chi connectivity index (χ1v) is 25.1. The van der Waals surface area contributed by atoms with E-state index >= 15 is 0 Å². The van der Waals surface area contributed by atoms with Crippen molar-refractivity contribution in [2.75, 3.05) is 6.54 Å².